The van der Waals surface area contributed by atoms with E-state index >= 15 is 0 Å². The molecule has 0 aromatic carbocycles. The average molecular weight is 650 g/mol. The van der Waals surface area contributed by atoms with Crippen LogP contribution in [0.25, 0.3) is 5.82 Å². The van der Waals surface area contributed by atoms with Gasteiger partial charge < -0.3 is 15.0 Å². The van der Waals surface area contributed by atoms with Crippen LogP contribution in [-0.2, 0) is 10.0 Å². The first-order chi connectivity index (χ1) is 22.0. The van der Waals surface area contributed by atoms with Gasteiger partial charge in [-0.2, -0.15) is 21.6 Å². The van der Waals surface area contributed by atoms with Gasteiger partial charge >= 0.3 is 6.18 Å². The molecule has 3 aromatic rings. The third-order valence-electron chi connectivity index (χ3n) is 8.55. The number of fused-ring (bicyclic) bond motifs is 6. The van der Waals surface area contributed by atoms with E-state index in [0.29, 0.717) is 18.9 Å². The largest absolute Gasteiger partial charge is 0.477 e. The Labute approximate surface area is 262 Å². The second kappa shape index (κ2) is 11.5. The van der Waals surface area contributed by atoms with Gasteiger partial charge in [-0.15, -0.1) is 5.10 Å². The first-order valence-electron chi connectivity index (χ1n) is 15.8. The summed E-state index contributed by atoms with van der Waals surface area (Å²) in [4.78, 5) is 24.5. The topological polar surface area (TPSA) is 131 Å². The number of aromatic nitrogens is 4. The number of pyridine rings is 2. The van der Waals surface area contributed by atoms with Crippen molar-refractivity contribution in [2.45, 2.75) is 75.5 Å². The molecule has 15 heteroatoms. The Morgan fingerprint density at radius 3 is 2.71 bits per heavy atom. The van der Waals surface area contributed by atoms with Crippen molar-refractivity contribution in [2.75, 3.05) is 29.9 Å². The number of hydrogen-bond acceptors (Lipinski definition) is 9. The maximum absolute atomic E-state index is 13.6. The van der Waals surface area contributed by atoms with Crippen LogP contribution in [0.4, 0.5) is 24.8 Å². The van der Waals surface area contributed by atoms with Gasteiger partial charge in [-0.25, -0.2) is 19.4 Å². The average Bonchev–Trinajstić information content (AvgIpc) is 3.63. The Morgan fingerprint density at radius 1 is 1.16 bits per heavy atom. The summed E-state index contributed by atoms with van der Waals surface area (Å²) in [5.41, 5.74) is -2.72. The summed E-state index contributed by atoms with van der Waals surface area (Å²) in [6.07, 6.45) is -4.03. The molecule has 0 radical (unpaired) electrons. The number of carbonyl (C=O) groups is 1. The van der Waals surface area contributed by atoms with Crippen LogP contribution in [0.5, 0.6) is 5.88 Å². The first kappa shape index (κ1) is 28.6. The Balaban J connectivity index is 1.27. The fourth-order valence-electron chi connectivity index (χ4n) is 6.04. The molecule has 1 atom stereocenters. The number of nitrogens with one attached hydrogen (secondary N) is 2. The SMILES string of the molecule is [2H]C([2H])(CCOc1ccn(-c2ccc3c(n2)N2C[C@@H](CCCNc4cccc(n4)S(=O)(=O)NC3=O)CC2(C)C)n1)C1(C(F)(F)F)CC1. The van der Waals surface area contributed by atoms with Crippen LogP contribution in [0.1, 0.15) is 71.8 Å². The van der Waals surface area contributed by atoms with Gasteiger partial charge in [-0.05, 0) is 88.9 Å². The molecular formula is C30H36F3N7O4S. The predicted molar refractivity (Wildman–Crippen MR) is 160 cm³/mol. The lowest BCUT2D eigenvalue weighted by Crippen LogP contribution is -2.41. The number of rotatable bonds is 6. The molecular weight excluding hydrogens is 611 g/mol. The van der Waals surface area contributed by atoms with E-state index in [0.717, 1.165) is 19.3 Å². The van der Waals surface area contributed by atoms with E-state index in [1.165, 1.54) is 35.1 Å². The number of nitrogens with zero attached hydrogens (tertiary/aromatic N) is 5. The molecule has 2 aliphatic heterocycles. The minimum absolute atomic E-state index is 0.0414. The van der Waals surface area contributed by atoms with Crippen LogP contribution in [-0.4, -0.2) is 65.5 Å². The zero-order valence-electron chi connectivity index (χ0n) is 26.9. The molecule has 3 aliphatic rings. The summed E-state index contributed by atoms with van der Waals surface area (Å²) in [5.74, 6) is 0.410. The van der Waals surface area contributed by atoms with Crippen molar-refractivity contribution in [1.29, 1.82) is 0 Å². The van der Waals surface area contributed by atoms with Gasteiger partial charge in [0, 0.05) is 33.6 Å². The van der Waals surface area contributed by atoms with Crippen LogP contribution >= 0.6 is 0 Å². The normalized spacial score (nSPS) is 22.9. The highest BCUT2D eigenvalue weighted by Gasteiger charge is 2.62. The summed E-state index contributed by atoms with van der Waals surface area (Å²) in [5, 5.41) is 7.18. The third kappa shape index (κ3) is 6.44. The summed E-state index contributed by atoms with van der Waals surface area (Å²) >= 11 is 0. The van der Waals surface area contributed by atoms with Gasteiger partial charge in [0.05, 0.1) is 17.6 Å². The molecule has 6 rings (SSSR count). The van der Waals surface area contributed by atoms with Crippen LogP contribution in [0.3, 0.4) is 0 Å². The minimum Gasteiger partial charge on any atom is -0.477 e. The van der Waals surface area contributed by atoms with Crippen molar-refractivity contribution in [2.24, 2.45) is 11.3 Å². The molecule has 11 nitrogen and oxygen atoms in total. The smallest absolute Gasteiger partial charge is 0.394 e. The molecule has 1 saturated carbocycles. The fraction of sp³-hybridized carbons (Fsp3) is 0.533. The van der Waals surface area contributed by atoms with Crippen LogP contribution in [0.15, 0.2) is 47.6 Å². The molecule has 1 amide bonds. The number of hydrogen-bond donors (Lipinski definition) is 2. The second-order valence-electron chi connectivity index (χ2n) is 12.4. The van der Waals surface area contributed by atoms with E-state index in [9.17, 15) is 26.4 Å². The molecule has 1 saturated heterocycles. The summed E-state index contributed by atoms with van der Waals surface area (Å²) in [7, 11) is -4.33. The molecule has 3 aromatic heterocycles. The summed E-state index contributed by atoms with van der Waals surface area (Å²) < 4.78 is 92.0. The summed E-state index contributed by atoms with van der Waals surface area (Å²) in [6, 6.07) is 8.97. The maximum atomic E-state index is 13.6. The van der Waals surface area contributed by atoms with Crippen molar-refractivity contribution in [3.05, 3.63) is 48.2 Å². The molecule has 5 heterocycles. The zero-order valence-corrected chi connectivity index (χ0v) is 25.7. The lowest BCUT2D eigenvalue weighted by atomic mass is 9.93. The van der Waals surface area contributed by atoms with Crippen LogP contribution < -0.4 is 19.7 Å². The number of halogens is 3. The minimum atomic E-state index is -4.63. The molecule has 1 aliphatic carbocycles. The number of carbonyl (C=O) groups excluding carboxylic acids is 1. The lowest BCUT2D eigenvalue weighted by Gasteiger charge is -2.34. The third-order valence-corrected chi connectivity index (χ3v) is 9.78. The predicted octanol–water partition coefficient (Wildman–Crippen LogP) is 5.09. The van der Waals surface area contributed by atoms with E-state index in [2.05, 4.69) is 20.1 Å². The van der Waals surface area contributed by atoms with E-state index < -0.39 is 45.9 Å². The zero-order chi connectivity index (χ0) is 33.8. The molecule has 2 fully saturated rings. The number of alkyl halides is 3. The van der Waals surface area contributed by atoms with Crippen LogP contribution in [0, 0.1) is 11.3 Å². The van der Waals surface area contributed by atoms with Crippen molar-refractivity contribution in [1.82, 2.24) is 24.5 Å². The van der Waals surface area contributed by atoms with Gasteiger partial charge in [-0.1, -0.05) is 6.07 Å². The Bertz CT molecular complexity index is 1780. The monoisotopic (exact) mass is 649 g/mol. The van der Waals surface area contributed by atoms with E-state index in [1.54, 1.807) is 12.1 Å². The van der Waals surface area contributed by atoms with Crippen molar-refractivity contribution in [3.63, 3.8) is 0 Å². The molecule has 2 N–H and O–H groups in total. The lowest BCUT2D eigenvalue weighted by molar-refractivity contribution is -0.189. The number of ether oxygens (including phenoxy) is 1. The number of amides is 1. The fourth-order valence-corrected chi connectivity index (χ4v) is 6.98. The maximum Gasteiger partial charge on any atom is 0.394 e. The standard InChI is InChI=1S/C30H36F3N7O4S/c1-28(2)18-20-6-4-15-34-22-7-3-8-25(35-22)45(42,43)38-27(41)21-9-10-23(36-26(21)39(28)19-20)40-16-11-24(37-40)44-17-5-12-29(13-14-29)30(31,32)33/h3,7-11,16,20H,4-6,12-15,17-19H2,1-2H3,(H,34,35)(H,38,41)/t20-/m0/s1/i12D2. The van der Waals surface area contributed by atoms with E-state index in [4.69, 9.17) is 12.5 Å². The van der Waals surface area contributed by atoms with Gasteiger partial charge in [0.15, 0.2) is 10.8 Å². The highest BCUT2D eigenvalue weighted by molar-refractivity contribution is 7.90. The van der Waals surface area contributed by atoms with Crippen molar-refractivity contribution >= 4 is 27.6 Å². The van der Waals surface area contributed by atoms with Gasteiger partial charge in [0.1, 0.15) is 11.6 Å². The summed E-state index contributed by atoms with van der Waals surface area (Å²) in [6.45, 7) is 4.94. The molecule has 0 unspecified atom stereocenters. The van der Waals surface area contributed by atoms with Gasteiger partial charge in [-0.3, -0.25) is 4.79 Å². The highest BCUT2D eigenvalue weighted by Crippen LogP contribution is 2.60. The number of anilines is 2. The van der Waals surface area contributed by atoms with Crippen LogP contribution in [0.2, 0.25) is 0 Å². The van der Waals surface area contributed by atoms with Crippen molar-refractivity contribution in [3.8, 4) is 11.7 Å². The van der Waals surface area contributed by atoms with Gasteiger partial charge in [0.25, 0.3) is 15.9 Å². The van der Waals surface area contributed by atoms with Crippen molar-refractivity contribution < 1.29 is 33.9 Å². The Kier molecular flexibility index (Phi) is 7.29. The molecule has 242 valence electrons. The molecule has 45 heavy (non-hydrogen) atoms. The quantitative estimate of drug-likeness (QED) is 0.375. The number of sulfonamides is 1. The second-order valence-corrected chi connectivity index (χ2v) is 14.0. The first-order valence-corrected chi connectivity index (χ1v) is 16.3. The highest BCUT2D eigenvalue weighted by atomic mass is 32.2. The Morgan fingerprint density at radius 2 is 1.96 bits per heavy atom. The van der Waals surface area contributed by atoms with E-state index in [-0.39, 0.29) is 53.5 Å². The Hall–Kier alpha value is -3.88. The molecule has 4 bridgehead atoms. The molecule has 0 spiro atoms. The van der Waals surface area contributed by atoms with E-state index in [1.807, 2.05) is 18.7 Å². The van der Waals surface area contributed by atoms with Gasteiger partial charge in [0.2, 0.25) is 5.88 Å².